The summed E-state index contributed by atoms with van der Waals surface area (Å²) in [4.78, 5) is 33.6. The highest BCUT2D eigenvalue weighted by Gasteiger charge is 2.35. The number of rotatable bonds is 14. The molecule has 0 saturated carbocycles. The first-order valence-electron chi connectivity index (χ1n) is 11.8. The third-order valence-corrected chi connectivity index (χ3v) is 4.27. The van der Waals surface area contributed by atoms with Crippen LogP contribution in [0, 0.1) is 18.3 Å². The first kappa shape index (κ1) is 31.3. The Hall–Kier alpha value is -0.680. The Morgan fingerprint density at radius 2 is 1.16 bits per heavy atom. The monoisotopic (exact) mass is 458 g/mol. The van der Waals surface area contributed by atoms with E-state index in [0.717, 1.165) is 12.8 Å². The fraction of sp³-hybridized carbons (Fsp3) is 0.923. The van der Waals surface area contributed by atoms with Crippen LogP contribution < -0.4 is 0 Å². The lowest BCUT2D eigenvalue weighted by Gasteiger charge is -2.36. The average molecular weight is 459 g/mol. The zero-order valence-electron chi connectivity index (χ0n) is 22.8. The first-order chi connectivity index (χ1) is 14.3. The highest BCUT2D eigenvalue weighted by molar-refractivity contribution is 4.97. The minimum atomic E-state index is -0.574. The minimum absolute atomic E-state index is 0.0247. The summed E-state index contributed by atoms with van der Waals surface area (Å²) in [6.07, 6.45) is 9.55. The van der Waals surface area contributed by atoms with Crippen LogP contribution in [0.1, 0.15) is 115 Å². The molecule has 0 aromatic heterocycles. The second kappa shape index (κ2) is 12.7. The van der Waals surface area contributed by atoms with Gasteiger partial charge in [0.25, 0.3) is 0 Å². The Labute approximate surface area is 197 Å². The molecule has 0 aromatic rings. The van der Waals surface area contributed by atoms with Crippen LogP contribution in [0.5, 0.6) is 0 Å². The maximum Gasteiger partial charge on any atom is 0.102 e. The van der Waals surface area contributed by atoms with Crippen molar-refractivity contribution in [1.29, 1.82) is 0 Å². The summed E-state index contributed by atoms with van der Waals surface area (Å²) in [5.74, 6) is 2.94. The van der Waals surface area contributed by atoms with Gasteiger partial charge in [-0.15, -0.1) is 12.3 Å². The van der Waals surface area contributed by atoms with Gasteiger partial charge in [0.1, 0.15) is 5.60 Å². The van der Waals surface area contributed by atoms with Crippen LogP contribution in [-0.2, 0) is 29.3 Å². The van der Waals surface area contributed by atoms with Gasteiger partial charge in [-0.1, -0.05) is 0 Å². The van der Waals surface area contributed by atoms with E-state index < -0.39 is 16.8 Å². The Morgan fingerprint density at radius 1 is 0.656 bits per heavy atom. The Kier molecular flexibility index (Phi) is 12.4. The summed E-state index contributed by atoms with van der Waals surface area (Å²) in [5, 5.41) is 0. The lowest BCUT2D eigenvalue weighted by Crippen LogP contribution is -2.38. The van der Waals surface area contributed by atoms with Gasteiger partial charge in [-0.3, -0.25) is 0 Å². The molecule has 32 heavy (non-hydrogen) atoms. The second-order valence-corrected chi connectivity index (χ2v) is 12.5. The molecule has 2 atom stereocenters. The molecule has 0 spiro atoms. The average Bonchev–Trinajstić information content (AvgIpc) is 2.60. The van der Waals surface area contributed by atoms with Crippen molar-refractivity contribution < 1.29 is 29.3 Å². The summed E-state index contributed by atoms with van der Waals surface area (Å²) in [5.41, 5.74) is -2.18. The van der Waals surface area contributed by atoms with Crippen LogP contribution in [0.3, 0.4) is 0 Å². The van der Waals surface area contributed by atoms with Crippen molar-refractivity contribution in [1.82, 2.24) is 0 Å². The zero-order valence-corrected chi connectivity index (χ0v) is 22.8. The van der Waals surface area contributed by atoms with Gasteiger partial charge in [-0.25, -0.2) is 29.3 Å². The normalized spacial score (nSPS) is 16.5. The predicted octanol–water partition coefficient (Wildman–Crippen LogP) is 6.96. The zero-order chi connectivity index (χ0) is 25.3. The van der Waals surface area contributed by atoms with Crippen molar-refractivity contribution in [2.45, 2.75) is 143 Å². The van der Waals surface area contributed by atoms with E-state index in [9.17, 15) is 0 Å². The van der Waals surface area contributed by atoms with Crippen molar-refractivity contribution >= 4 is 0 Å². The van der Waals surface area contributed by atoms with Gasteiger partial charge in [0, 0.05) is 5.92 Å². The van der Waals surface area contributed by atoms with Gasteiger partial charge in [0.15, 0.2) is 0 Å². The maximum atomic E-state index is 5.99. The highest BCUT2D eigenvalue weighted by atomic mass is 17.2. The summed E-state index contributed by atoms with van der Waals surface area (Å²) >= 11 is 0. The van der Waals surface area contributed by atoms with Gasteiger partial charge >= 0.3 is 0 Å². The van der Waals surface area contributed by atoms with E-state index in [1.165, 1.54) is 0 Å². The largest absolute Gasteiger partial charge is 0.236 e. The van der Waals surface area contributed by atoms with Crippen LogP contribution in [0.4, 0.5) is 0 Å². The van der Waals surface area contributed by atoms with Crippen molar-refractivity contribution in [2.75, 3.05) is 6.61 Å². The Morgan fingerprint density at radius 3 is 1.62 bits per heavy atom. The quantitative estimate of drug-likeness (QED) is 0.121. The van der Waals surface area contributed by atoms with E-state index in [4.69, 9.17) is 35.7 Å². The third kappa shape index (κ3) is 17.8. The van der Waals surface area contributed by atoms with Gasteiger partial charge in [-0.2, -0.15) is 0 Å². The molecule has 0 aliphatic carbocycles. The summed E-state index contributed by atoms with van der Waals surface area (Å²) in [6, 6.07) is 0. The van der Waals surface area contributed by atoms with E-state index in [1.807, 2.05) is 83.1 Å². The molecule has 0 aliphatic rings. The molecule has 0 aromatic carbocycles. The second-order valence-electron chi connectivity index (χ2n) is 12.5. The lowest BCUT2D eigenvalue weighted by atomic mass is 9.84. The van der Waals surface area contributed by atoms with Crippen LogP contribution >= 0.6 is 0 Å². The van der Waals surface area contributed by atoms with Gasteiger partial charge in [0.2, 0.25) is 0 Å². The standard InChI is InChI=1S/C26H50O6/c1-14-21(16-15-19-27-28-22(2,3)4)20-26(13,32-30-24(8,9)10)18-17-25(11,12)31-29-23(5,6)7/h1,21H,15-20H2,2-13H3. The number of terminal acetylenes is 1. The van der Waals surface area contributed by atoms with Crippen molar-refractivity contribution in [2.24, 2.45) is 5.92 Å². The highest BCUT2D eigenvalue weighted by Crippen LogP contribution is 2.33. The summed E-state index contributed by atoms with van der Waals surface area (Å²) in [6.45, 7) is 24.2. The smallest absolute Gasteiger partial charge is 0.102 e. The lowest BCUT2D eigenvalue weighted by molar-refractivity contribution is -0.413. The van der Waals surface area contributed by atoms with Gasteiger partial charge in [0.05, 0.1) is 29.0 Å². The molecule has 0 fully saturated rings. The molecule has 0 aliphatic heterocycles. The van der Waals surface area contributed by atoms with E-state index in [-0.39, 0.29) is 17.1 Å². The van der Waals surface area contributed by atoms with E-state index in [0.29, 0.717) is 25.9 Å². The minimum Gasteiger partial charge on any atom is -0.236 e. The molecule has 0 rings (SSSR count). The van der Waals surface area contributed by atoms with Gasteiger partial charge < -0.3 is 0 Å². The molecule has 190 valence electrons. The predicted molar refractivity (Wildman–Crippen MR) is 129 cm³/mol. The molecule has 6 nitrogen and oxygen atoms in total. The van der Waals surface area contributed by atoms with E-state index >= 15 is 0 Å². The van der Waals surface area contributed by atoms with Crippen molar-refractivity contribution in [3.8, 4) is 12.3 Å². The molecule has 0 heterocycles. The molecule has 0 N–H and O–H groups in total. The van der Waals surface area contributed by atoms with Crippen LogP contribution in [0.25, 0.3) is 0 Å². The van der Waals surface area contributed by atoms with E-state index in [2.05, 4.69) is 5.92 Å². The Balaban J connectivity index is 4.99. The van der Waals surface area contributed by atoms with E-state index in [1.54, 1.807) is 0 Å². The fourth-order valence-corrected chi connectivity index (χ4v) is 2.62. The molecule has 2 unspecified atom stereocenters. The van der Waals surface area contributed by atoms with Crippen LogP contribution in [0.2, 0.25) is 0 Å². The molecule has 0 amide bonds. The third-order valence-electron chi connectivity index (χ3n) is 4.27. The van der Waals surface area contributed by atoms with Gasteiger partial charge in [-0.05, 0) is 115 Å². The Bertz CT molecular complexity index is 559. The maximum absolute atomic E-state index is 5.99. The fourth-order valence-electron chi connectivity index (χ4n) is 2.62. The first-order valence-corrected chi connectivity index (χ1v) is 11.8. The number of hydrogen-bond acceptors (Lipinski definition) is 6. The molecular weight excluding hydrogens is 408 g/mol. The summed E-state index contributed by atoms with van der Waals surface area (Å²) < 4.78 is 0. The summed E-state index contributed by atoms with van der Waals surface area (Å²) in [7, 11) is 0. The molecule has 0 radical (unpaired) electrons. The number of hydrogen-bond donors (Lipinski definition) is 0. The molecular formula is C26H50O6. The molecule has 0 saturated heterocycles. The van der Waals surface area contributed by atoms with Crippen LogP contribution in [0.15, 0.2) is 0 Å². The van der Waals surface area contributed by atoms with Crippen LogP contribution in [-0.4, -0.2) is 34.6 Å². The molecule has 0 bridgehead atoms. The van der Waals surface area contributed by atoms with Crippen molar-refractivity contribution in [3.05, 3.63) is 0 Å². The topological polar surface area (TPSA) is 55.4 Å². The molecule has 6 heteroatoms. The van der Waals surface area contributed by atoms with Crippen molar-refractivity contribution in [3.63, 3.8) is 0 Å². The SMILES string of the molecule is C#CC(CCCOOC(C)(C)C)CC(C)(CCC(C)(C)OOC(C)(C)C)OOC(C)(C)C.